The van der Waals surface area contributed by atoms with E-state index in [1.54, 1.807) is 0 Å². The molecule has 1 N–H and O–H groups in total. The summed E-state index contributed by atoms with van der Waals surface area (Å²) in [5.41, 5.74) is 0. The first-order valence-electron chi connectivity index (χ1n) is 4.79. The van der Waals surface area contributed by atoms with Crippen LogP contribution in [0.15, 0.2) is 0 Å². The van der Waals surface area contributed by atoms with Crippen molar-refractivity contribution in [1.82, 2.24) is 5.32 Å². The molecule has 0 aromatic carbocycles. The van der Waals surface area contributed by atoms with E-state index in [1.807, 2.05) is 0 Å². The molecule has 0 spiro atoms. The van der Waals surface area contributed by atoms with Gasteiger partial charge < -0.3 is 10.1 Å². The molecule has 1 aliphatic heterocycles. The van der Waals surface area contributed by atoms with E-state index >= 15 is 0 Å². The fourth-order valence-corrected chi connectivity index (χ4v) is 2.26. The Hall–Kier alpha value is -0.730. The first kappa shape index (κ1) is 7.90. The Morgan fingerprint density at radius 3 is 2.67 bits per heavy atom. The minimum Gasteiger partial charge on any atom is -0.449 e. The van der Waals surface area contributed by atoms with Gasteiger partial charge in [-0.2, -0.15) is 0 Å². The van der Waals surface area contributed by atoms with Crippen LogP contribution in [-0.4, -0.2) is 18.7 Å². The zero-order chi connectivity index (χ0) is 8.39. The average molecular weight is 169 g/mol. The van der Waals surface area contributed by atoms with Gasteiger partial charge in [0, 0.05) is 12.5 Å². The summed E-state index contributed by atoms with van der Waals surface area (Å²) in [7, 11) is 0. The maximum Gasteiger partial charge on any atom is 0.407 e. The summed E-state index contributed by atoms with van der Waals surface area (Å²) in [6, 6.07) is 0.397. The molecule has 2 fully saturated rings. The number of ether oxygens (including phenoxy) is 1. The maximum atomic E-state index is 10.9. The monoisotopic (exact) mass is 169 g/mol. The molecule has 2 aliphatic rings. The van der Waals surface area contributed by atoms with Crippen LogP contribution in [0.1, 0.15) is 32.1 Å². The van der Waals surface area contributed by atoms with Gasteiger partial charge in [0.2, 0.25) is 0 Å². The molecule has 3 nitrogen and oxygen atoms in total. The van der Waals surface area contributed by atoms with Gasteiger partial charge in [-0.3, -0.25) is 0 Å². The molecule has 1 aliphatic carbocycles. The molecule has 1 saturated heterocycles. The van der Waals surface area contributed by atoms with Crippen molar-refractivity contribution in [3.8, 4) is 0 Å². The molecule has 1 atom stereocenters. The standard InChI is InChI=1S/C9H15NO2/c11-9-10-8(5-6-12-9)7-3-1-2-4-7/h7-8H,1-6H2,(H,10,11). The number of nitrogens with one attached hydrogen (secondary N) is 1. The SMILES string of the molecule is O=C1NC(C2CCCC2)CCO1. The van der Waals surface area contributed by atoms with E-state index in [-0.39, 0.29) is 6.09 Å². The van der Waals surface area contributed by atoms with Gasteiger partial charge in [-0.05, 0) is 18.8 Å². The minimum atomic E-state index is -0.224. The fraction of sp³-hybridized carbons (Fsp3) is 0.889. The van der Waals surface area contributed by atoms with Gasteiger partial charge in [-0.25, -0.2) is 4.79 Å². The maximum absolute atomic E-state index is 10.9. The van der Waals surface area contributed by atoms with E-state index < -0.39 is 0 Å². The molecule has 12 heavy (non-hydrogen) atoms. The molecule has 1 unspecified atom stereocenters. The number of carbonyl (C=O) groups is 1. The van der Waals surface area contributed by atoms with Gasteiger partial charge in [-0.1, -0.05) is 12.8 Å². The quantitative estimate of drug-likeness (QED) is 0.648. The largest absolute Gasteiger partial charge is 0.449 e. The lowest BCUT2D eigenvalue weighted by Gasteiger charge is -2.28. The lowest BCUT2D eigenvalue weighted by Crippen LogP contribution is -2.44. The molecule has 3 heteroatoms. The summed E-state index contributed by atoms with van der Waals surface area (Å²) in [5.74, 6) is 0.720. The van der Waals surface area contributed by atoms with Crippen LogP contribution in [-0.2, 0) is 4.74 Å². The number of carbonyl (C=O) groups excluding carboxylic acids is 1. The van der Waals surface area contributed by atoms with E-state index in [1.165, 1.54) is 25.7 Å². The summed E-state index contributed by atoms with van der Waals surface area (Å²) in [6.45, 7) is 0.604. The Labute approximate surface area is 72.5 Å². The second kappa shape index (κ2) is 3.33. The highest BCUT2D eigenvalue weighted by molar-refractivity contribution is 5.68. The molecule has 0 radical (unpaired) electrons. The van der Waals surface area contributed by atoms with Gasteiger partial charge in [0.05, 0.1) is 6.61 Å². The summed E-state index contributed by atoms with van der Waals surface area (Å²) in [6.07, 6.45) is 6.00. The number of rotatable bonds is 1. The third-order valence-corrected chi connectivity index (χ3v) is 2.93. The molecule has 0 aromatic heterocycles. The van der Waals surface area contributed by atoms with Crippen molar-refractivity contribution < 1.29 is 9.53 Å². The fourth-order valence-electron chi connectivity index (χ4n) is 2.26. The van der Waals surface area contributed by atoms with E-state index in [4.69, 9.17) is 4.74 Å². The molecule has 2 rings (SSSR count). The predicted octanol–water partition coefficient (Wildman–Crippen LogP) is 1.68. The Balaban J connectivity index is 1.89. The third-order valence-electron chi connectivity index (χ3n) is 2.93. The van der Waals surface area contributed by atoms with Crippen LogP contribution >= 0.6 is 0 Å². The number of hydrogen-bond donors (Lipinski definition) is 1. The molecule has 68 valence electrons. The topological polar surface area (TPSA) is 38.3 Å². The Morgan fingerprint density at radius 1 is 1.25 bits per heavy atom. The van der Waals surface area contributed by atoms with Crippen LogP contribution in [0.2, 0.25) is 0 Å². The molecule has 1 amide bonds. The molecule has 1 heterocycles. The van der Waals surface area contributed by atoms with E-state index in [0.29, 0.717) is 12.6 Å². The Bertz CT molecular complexity index is 175. The van der Waals surface area contributed by atoms with Gasteiger partial charge in [0.25, 0.3) is 0 Å². The van der Waals surface area contributed by atoms with Crippen molar-refractivity contribution in [3.05, 3.63) is 0 Å². The van der Waals surface area contributed by atoms with Gasteiger partial charge in [0.15, 0.2) is 0 Å². The molecule has 1 saturated carbocycles. The number of hydrogen-bond acceptors (Lipinski definition) is 2. The highest BCUT2D eigenvalue weighted by Crippen LogP contribution is 2.29. The minimum absolute atomic E-state index is 0.224. The van der Waals surface area contributed by atoms with Crippen molar-refractivity contribution in [2.45, 2.75) is 38.1 Å². The van der Waals surface area contributed by atoms with Crippen LogP contribution in [0, 0.1) is 5.92 Å². The summed E-state index contributed by atoms with van der Waals surface area (Å²) < 4.78 is 4.82. The summed E-state index contributed by atoms with van der Waals surface area (Å²) >= 11 is 0. The second-order valence-corrected chi connectivity index (χ2v) is 3.72. The van der Waals surface area contributed by atoms with E-state index in [9.17, 15) is 4.79 Å². The van der Waals surface area contributed by atoms with Gasteiger partial charge in [0.1, 0.15) is 0 Å². The zero-order valence-corrected chi connectivity index (χ0v) is 7.21. The lowest BCUT2D eigenvalue weighted by molar-refractivity contribution is 0.104. The van der Waals surface area contributed by atoms with E-state index in [0.717, 1.165) is 12.3 Å². The van der Waals surface area contributed by atoms with Crippen LogP contribution < -0.4 is 5.32 Å². The van der Waals surface area contributed by atoms with Gasteiger partial charge >= 0.3 is 6.09 Å². The van der Waals surface area contributed by atoms with Crippen molar-refractivity contribution in [3.63, 3.8) is 0 Å². The van der Waals surface area contributed by atoms with E-state index in [2.05, 4.69) is 5.32 Å². The van der Waals surface area contributed by atoms with Crippen molar-refractivity contribution in [2.24, 2.45) is 5.92 Å². The van der Waals surface area contributed by atoms with Gasteiger partial charge in [-0.15, -0.1) is 0 Å². The normalized spacial score (nSPS) is 31.3. The molecular weight excluding hydrogens is 154 g/mol. The highest BCUT2D eigenvalue weighted by Gasteiger charge is 2.29. The number of cyclic esters (lactones) is 1. The summed E-state index contributed by atoms with van der Waals surface area (Å²) in [5, 5.41) is 2.90. The first-order valence-corrected chi connectivity index (χ1v) is 4.79. The Morgan fingerprint density at radius 2 is 2.00 bits per heavy atom. The molecule has 0 aromatic rings. The lowest BCUT2D eigenvalue weighted by atomic mass is 9.95. The van der Waals surface area contributed by atoms with Crippen molar-refractivity contribution >= 4 is 6.09 Å². The highest BCUT2D eigenvalue weighted by atomic mass is 16.5. The second-order valence-electron chi connectivity index (χ2n) is 3.72. The predicted molar refractivity (Wildman–Crippen MR) is 44.8 cm³/mol. The van der Waals surface area contributed by atoms with Crippen LogP contribution in [0.25, 0.3) is 0 Å². The smallest absolute Gasteiger partial charge is 0.407 e. The molecule has 0 bridgehead atoms. The van der Waals surface area contributed by atoms with Crippen molar-refractivity contribution in [1.29, 1.82) is 0 Å². The average Bonchev–Trinajstić information content (AvgIpc) is 2.56. The molecular formula is C9H15NO2. The Kier molecular flexibility index (Phi) is 2.19. The van der Waals surface area contributed by atoms with Crippen LogP contribution in [0.5, 0.6) is 0 Å². The van der Waals surface area contributed by atoms with Crippen LogP contribution in [0.4, 0.5) is 4.79 Å². The summed E-state index contributed by atoms with van der Waals surface area (Å²) in [4.78, 5) is 10.9. The number of alkyl carbamates (subject to hydrolysis) is 1. The zero-order valence-electron chi connectivity index (χ0n) is 7.21. The van der Waals surface area contributed by atoms with Crippen LogP contribution in [0.3, 0.4) is 0 Å². The number of amides is 1. The first-order chi connectivity index (χ1) is 5.86. The van der Waals surface area contributed by atoms with Crippen molar-refractivity contribution in [2.75, 3.05) is 6.61 Å². The third kappa shape index (κ3) is 1.54.